The van der Waals surface area contributed by atoms with Crippen LogP contribution in [0, 0.1) is 11.8 Å². The molecule has 0 aromatic heterocycles. The molecule has 1 aromatic rings. The first-order valence-corrected chi connectivity index (χ1v) is 9.36. The van der Waals surface area contributed by atoms with Gasteiger partial charge in [-0.2, -0.15) is 0 Å². The number of nitrogens with one attached hydrogen (secondary N) is 1. The van der Waals surface area contributed by atoms with Crippen molar-refractivity contribution in [2.75, 3.05) is 0 Å². The molecule has 0 unspecified atom stereocenters. The van der Waals surface area contributed by atoms with Gasteiger partial charge in [-0.05, 0) is 55.2 Å². The second-order valence-corrected chi connectivity index (χ2v) is 8.40. The van der Waals surface area contributed by atoms with Crippen molar-refractivity contribution >= 4 is 33.2 Å². The van der Waals surface area contributed by atoms with Crippen molar-refractivity contribution in [3.63, 3.8) is 0 Å². The number of hydrogen-bond donors (Lipinski definition) is 2. The summed E-state index contributed by atoms with van der Waals surface area (Å²) in [5.41, 5.74) is 6.13. The summed E-state index contributed by atoms with van der Waals surface area (Å²) in [5.74, 6) is 0.943. The van der Waals surface area contributed by atoms with Gasteiger partial charge in [0.1, 0.15) is 4.90 Å². The van der Waals surface area contributed by atoms with Crippen LogP contribution in [-0.2, 0) is 16.6 Å². The van der Waals surface area contributed by atoms with Crippen molar-refractivity contribution in [2.45, 2.75) is 43.2 Å². The summed E-state index contributed by atoms with van der Waals surface area (Å²) < 4.78 is 28.1. The highest BCUT2D eigenvalue weighted by atomic mass is 35.5. The van der Waals surface area contributed by atoms with E-state index in [9.17, 15) is 8.42 Å². The zero-order valence-electron chi connectivity index (χ0n) is 11.5. The van der Waals surface area contributed by atoms with Crippen molar-refractivity contribution in [3.05, 3.63) is 27.7 Å². The second kappa shape index (κ2) is 5.70. The largest absolute Gasteiger partial charge is 0.326 e. The number of nitrogens with two attached hydrogens (primary N) is 1. The van der Waals surface area contributed by atoms with Gasteiger partial charge in [-0.15, -0.1) is 0 Å². The molecule has 0 radical (unpaired) electrons. The fraction of sp³-hybridized carbons (Fsp3) is 0.571. The summed E-state index contributed by atoms with van der Waals surface area (Å²) in [5, 5.41) is 0.495. The summed E-state index contributed by atoms with van der Waals surface area (Å²) in [6.45, 7) is 0.149. The zero-order chi connectivity index (χ0) is 15.2. The topological polar surface area (TPSA) is 72.2 Å². The molecule has 0 saturated heterocycles. The van der Waals surface area contributed by atoms with Crippen LogP contribution in [0.5, 0.6) is 0 Å². The smallest absolute Gasteiger partial charge is 0.242 e. The van der Waals surface area contributed by atoms with E-state index in [4.69, 9.17) is 28.9 Å². The minimum Gasteiger partial charge on any atom is -0.326 e. The lowest BCUT2D eigenvalue weighted by molar-refractivity contribution is 0.471. The average Bonchev–Trinajstić information content (AvgIpc) is 3.29. The average molecular weight is 349 g/mol. The lowest BCUT2D eigenvalue weighted by Gasteiger charge is -2.19. The maximum atomic E-state index is 12.7. The summed E-state index contributed by atoms with van der Waals surface area (Å²) in [7, 11) is -3.68. The molecular weight excluding hydrogens is 331 g/mol. The highest BCUT2D eigenvalue weighted by Gasteiger charge is 2.43. The van der Waals surface area contributed by atoms with Gasteiger partial charge >= 0.3 is 0 Å². The predicted octanol–water partition coefficient (Wildman–Crippen LogP) is 2.92. The van der Waals surface area contributed by atoms with E-state index >= 15 is 0 Å². The van der Waals surface area contributed by atoms with Crippen LogP contribution in [0.25, 0.3) is 0 Å². The summed E-state index contributed by atoms with van der Waals surface area (Å²) >= 11 is 12.2. The molecule has 0 bridgehead atoms. The van der Waals surface area contributed by atoms with Gasteiger partial charge in [-0.3, -0.25) is 0 Å². The normalized spacial score (nSPS) is 19.2. The highest BCUT2D eigenvalue weighted by Crippen LogP contribution is 2.45. The van der Waals surface area contributed by atoms with E-state index in [1.807, 2.05) is 0 Å². The molecule has 0 aliphatic heterocycles. The minimum absolute atomic E-state index is 0.0309. The van der Waals surface area contributed by atoms with Crippen molar-refractivity contribution in [1.29, 1.82) is 0 Å². The Labute approximate surface area is 135 Å². The molecule has 3 rings (SSSR count). The van der Waals surface area contributed by atoms with Crippen LogP contribution >= 0.6 is 23.2 Å². The van der Waals surface area contributed by atoms with Gasteiger partial charge in [0.15, 0.2) is 0 Å². The molecular formula is C14H18Cl2N2O2S. The highest BCUT2D eigenvalue weighted by molar-refractivity contribution is 7.89. The van der Waals surface area contributed by atoms with E-state index in [0.717, 1.165) is 25.7 Å². The van der Waals surface area contributed by atoms with E-state index in [1.165, 1.54) is 6.07 Å². The van der Waals surface area contributed by atoms with Crippen LogP contribution < -0.4 is 10.5 Å². The SMILES string of the molecule is NCc1cc(Cl)cc(S(=O)(=O)NC(C2CC2)C2CC2)c1Cl. The maximum absolute atomic E-state index is 12.7. The second-order valence-electron chi connectivity index (χ2n) is 5.90. The van der Waals surface area contributed by atoms with Crippen molar-refractivity contribution in [2.24, 2.45) is 17.6 Å². The maximum Gasteiger partial charge on any atom is 0.242 e. The third kappa shape index (κ3) is 3.37. The number of hydrogen-bond acceptors (Lipinski definition) is 3. The van der Waals surface area contributed by atoms with E-state index in [2.05, 4.69) is 4.72 Å². The predicted molar refractivity (Wildman–Crippen MR) is 83.9 cm³/mol. The summed E-state index contributed by atoms with van der Waals surface area (Å²) in [6, 6.07) is 3.02. The minimum atomic E-state index is -3.68. The quantitative estimate of drug-likeness (QED) is 0.829. The van der Waals surface area contributed by atoms with Crippen molar-refractivity contribution in [1.82, 2.24) is 4.72 Å². The van der Waals surface area contributed by atoms with E-state index < -0.39 is 10.0 Å². The molecule has 4 nitrogen and oxygen atoms in total. The molecule has 7 heteroatoms. The van der Waals surface area contributed by atoms with Gasteiger partial charge < -0.3 is 5.73 Å². The molecule has 2 aliphatic rings. The van der Waals surface area contributed by atoms with Crippen LogP contribution in [0.4, 0.5) is 0 Å². The number of sulfonamides is 1. The first-order chi connectivity index (χ1) is 9.92. The first-order valence-electron chi connectivity index (χ1n) is 7.12. The fourth-order valence-electron chi connectivity index (χ4n) is 2.69. The molecule has 1 aromatic carbocycles. The van der Waals surface area contributed by atoms with Crippen LogP contribution in [0.2, 0.25) is 10.0 Å². The Morgan fingerprint density at radius 3 is 2.24 bits per heavy atom. The van der Waals surface area contributed by atoms with Crippen molar-refractivity contribution in [3.8, 4) is 0 Å². The van der Waals surface area contributed by atoms with Crippen LogP contribution in [0.15, 0.2) is 17.0 Å². The standard InChI is InChI=1S/C14H18Cl2N2O2S/c15-11-5-10(7-17)13(16)12(6-11)21(19,20)18-14(8-1-2-8)9-3-4-9/h5-6,8-9,14,18H,1-4,7,17H2. The van der Waals surface area contributed by atoms with Crippen LogP contribution in [0.3, 0.4) is 0 Å². The molecule has 0 heterocycles. The number of benzene rings is 1. The van der Waals surface area contributed by atoms with Gasteiger partial charge in [-0.25, -0.2) is 13.1 Å². The van der Waals surface area contributed by atoms with Gasteiger partial charge in [0.2, 0.25) is 10.0 Å². The molecule has 116 valence electrons. The molecule has 0 amide bonds. The molecule has 0 spiro atoms. The Kier molecular flexibility index (Phi) is 4.23. The Morgan fingerprint density at radius 1 is 1.19 bits per heavy atom. The van der Waals surface area contributed by atoms with E-state index in [1.54, 1.807) is 6.07 Å². The zero-order valence-corrected chi connectivity index (χ0v) is 13.8. The monoisotopic (exact) mass is 348 g/mol. The molecule has 21 heavy (non-hydrogen) atoms. The Balaban J connectivity index is 1.92. The molecule has 2 fully saturated rings. The van der Waals surface area contributed by atoms with Crippen molar-refractivity contribution < 1.29 is 8.42 Å². The lowest BCUT2D eigenvalue weighted by Crippen LogP contribution is -2.38. The van der Waals surface area contributed by atoms with Gasteiger partial charge in [0.05, 0.1) is 5.02 Å². The molecule has 2 saturated carbocycles. The summed E-state index contributed by atoms with van der Waals surface area (Å²) in [6.07, 6.45) is 4.39. The first kappa shape index (κ1) is 15.6. The third-order valence-electron chi connectivity index (χ3n) is 4.14. The Hall–Kier alpha value is -0.330. The van der Waals surface area contributed by atoms with E-state index in [-0.39, 0.29) is 22.5 Å². The lowest BCUT2D eigenvalue weighted by atomic mass is 10.1. The van der Waals surface area contributed by atoms with Gasteiger partial charge in [0.25, 0.3) is 0 Å². The van der Waals surface area contributed by atoms with Crippen LogP contribution in [-0.4, -0.2) is 14.5 Å². The third-order valence-corrected chi connectivity index (χ3v) is 6.40. The molecule has 0 atom stereocenters. The summed E-state index contributed by atoms with van der Waals surface area (Å²) in [4.78, 5) is 0.0309. The van der Waals surface area contributed by atoms with Gasteiger partial charge in [0, 0.05) is 17.6 Å². The van der Waals surface area contributed by atoms with Crippen LogP contribution in [0.1, 0.15) is 31.2 Å². The Morgan fingerprint density at radius 2 is 1.76 bits per heavy atom. The molecule has 2 aliphatic carbocycles. The Bertz CT molecular complexity index is 643. The molecule has 3 N–H and O–H groups in total. The number of halogens is 2. The van der Waals surface area contributed by atoms with E-state index in [0.29, 0.717) is 22.4 Å². The van der Waals surface area contributed by atoms with Gasteiger partial charge in [-0.1, -0.05) is 23.2 Å². The fourth-order valence-corrected chi connectivity index (χ4v) is 5.01. The number of rotatable bonds is 6.